The summed E-state index contributed by atoms with van der Waals surface area (Å²) >= 11 is 0. The molecular formula is C15H15N3O. The van der Waals surface area contributed by atoms with Gasteiger partial charge in [-0.05, 0) is 25.5 Å². The number of hydrogen-bond acceptors (Lipinski definition) is 4. The molecule has 0 bridgehead atoms. The summed E-state index contributed by atoms with van der Waals surface area (Å²) in [6, 6.07) is 5.77. The molecule has 19 heavy (non-hydrogen) atoms. The Morgan fingerprint density at radius 1 is 1.21 bits per heavy atom. The molecule has 0 aliphatic rings. The van der Waals surface area contributed by atoms with E-state index in [4.69, 9.17) is 10.2 Å². The Hall–Kier alpha value is -2.20. The van der Waals surface area contributed by atoms with Gasteiger partial charge < -0.3 is 10.2 Å². The van der Waals surface area contributed by atoms with Crippen LogP contribution >= 0.6 is 0 Å². The third-order valence-electron chi connectivity index (χ3n) is 3.31. The Balaban J connectivity index is 2.13. The molecule has 0 amide bonds. The molecule has 0 saturated carbocycles. The number of aromatic nitrogens is 2. The number of nitrogens with zero attached hydrogens (tertiary/aromatic N) is 2. The Labute approximate surface area is 111 Å². The highest BCUT2D eigenvalue weighted by Crippen LogP contribution is 2.31. The molecule has 2 heterocycles. The second kappa shape index (κ2) is 4.48. The van der Waals surface area contributed by atoms with Crippen LogP contribution in [-0.2, 0) is 0 Å². The Bertz CT molecular complexity index is 719. The molecule has 0 aliphatic heterocycles. The second-order valence-corrected chi connectivity index (χ2v) is 4.70. The Kier molecular flexibility index (Phi) is 2.80. The minimum absolute atomic E-state index is 0.388. The average molecular weight is 253 g/mol. The van der Waals surface area contributed by atoms with Crippen molar-refractivity contribution in [3.63, 3.8) is 0 Å². The molecule has 4 nitrogen and oxygen atoms in total. The van der Waals surface area contributed by atoms with E-state index in [0.29, 0.717) is 5.69 Å². The molecule has 3 aromatic rings. The van der Waals surface area contributed by atoms with E-state index in [2.05, 4.69) is 22.1 Å². The number of nitrogens with two attached hydrogens (primary N) is 1. The summed E-state index contributed by atoms with van der Waals surface area (Å²) in [7, 11) is 0. The fraction of sp³-hybridized carbons (Fsp3) is 0.200. The van der Waals surface area contributed by atoms with Crippen LogP contribution in [-0.4, -0.2) is 9.97 Å². The van der Waals surface area contributed by atoms with Crippen molar-refractivity contribution < 1.29 is 4.42 Å². The van der Waals surface area contributed by atoms with Gasteiger partial charge in [-0.2, -0.15) is 0 Å². The predicted octanol–water partition coefficient (Wildman–Crippen LogP) is 2.89. The highest BCUT2D eigenvalue weighted by atomic mass is 16.3. The van der Waals surface area contributed by atoms with Crippen LogP contribution in [0.3, 0.4) is 0 Å². The molecule has 1 aromatic carbocycles. The van der Waals surface area contributed by atoms with E-state index >= 15 is 0 Å². The van der Waals surface area contributed by atoms with Gasteiger partial charge in [0.15, 0.2) is 0 Å². The van der Waals surface area contributed by atoms with Gasteiger partial charge in [-0.15, -0.1) is 0 Å². The topological polar surface area (TPSA) is 64.9 Å². The standard InChI is InChI=1S/C15H15N3O/c1-9-3-4-11-10(2)15(19-13(11)7-9)14(16)12-8-17-5-6-18-12/h3-8,14H,16H2,1-2H3. The van der Waals surface area contributed by atoms with Crippen molar-refractivity contribution in [3.05, 3.63) is 59.4 Å². The van der Waals surface area contributed by atoms with Crippen LogP contribution in [0.2, 0.25) is 0 Å². The molecule has 2 N–H and O–H groups in total. The van der Waals surface area contributed by atoms with Gasteiger partial charge in [0.05, 0.1) is 11.9 Å². The first-order chi connectivity index (χ1) is 9.16. The van der Waals surface area contributed by atoms with E-state index in [-0.39, 0.29) is 6.04 Å². The lowest BCUT2D eigenvalue weighted by molar-refractivity contribution is 0.516. The van der Waals surface area contributed by atoms with Gasteiger partial charge in [0, 0.05) is 23.3 Å². The molecule has 0 aliphatic carbocycles. The van der Waals surface area contributed by atoms with Crippen molar-refractivity contribution in [2.24, 2.45) is 5.73 Å². The number of rotatable bonds is 2. The quantitative estimate of drug-likeness (QED) is 0.762. The second-order valence-electron chi connectivity index (χ2n) is 4.70. The van der Waals surface area contributed by atoms with Crippen molar-refractivity contribution in [2.45, 2.75) is 19.9 Å². The van der Waals surface area contributed by atoms with Crippen LogP contribution in [0.4, 0.5) is 0 Å². The van der Waals surface area contributed by atoms with Crippen molar-refractivity contribution in [1.29, 1.82) is 0 Å². The molecule has 2 aromatic heterocycles. The number of fused-ring (bicyclic) bond motifs is 1. The maximum absolute atomic E-state index is 6.22. The van der Waals surface area contributed by atoms with Gasteiger partial charge >= 0.3 is 0 Å². The molecule has 0 spiro atoms. The van der Waals surface area contributed by atoms with Gasteiger partial charge in [0.1, 0.15) is 17.4 Å². The van der Waals surface area contributed by atoms with Gasteiger partial charge in [-0.1, -0.05) is 12.1 Å². The normalized spacial score (nSPS) is 12.8. The third kappa shape index (κ3) is 2.00. The lowest BCUT2D eigenvalue weighted by atomic mass is 10.1. The average Bonchev–Trinajstić information content (AvgIpc) is 2.75. The SMILES string of the molecule is Cc1ccc2c(C)c(C(N)c3cnccn3)oc2c1. The molecule has 4 heteroatoms. The fourth-order valence-corrected chi connectivity index (χ4v) is 2.25. The van der Waals surface area contributed by atoms with Gasteiger partial charge in [-0.25, -0.2) is 0 Å². The zero-order valence-corrected chi connectivity index (χ0v) is 10.9. The summed E-state index contributed by atoms with van der Waals surface area (Å²) in [5.41, 5.74) is 10.0. The van der Waals surface area contributed by atoms with Crippen LogP contribution < -0.4 is 5.73 Å². The van der Waals surface area contributed by atoms with Crippen molar-refractivity contribution >= 4 is 11.0 Å². The minimum atomic E-state index is -0.388. The predicted molar refractivity (Wildman–Crippen MR) is 73.8 cm³/mol. The van der Waals surface area contributed by atoms with Crippen LogP contribution in [0.1, 0.15) is 28.6 Å². The van der Waals surface area contributed by atoms with E-state index < -0.39 is 0 Å². The van der Waals surface area contributed by atoms with E-state index in [1.807, 2.05) is 19.9 Å². The van der Waals surface area contributed by atoms with Gasteiger partial charge in [0.25, 0.3) is 0 Å². The maximum atomic E-state index is 6.22. The molecule has 1 atom stereocenters. The van der Waals surface area contributed by atoms with Crippen molar-refractivity contribution in [2.75, 3.05) is 0 Å². The molecule has 0 saturated heterocycles. The first kappa shape index (κ1) is 11.9. The molecule has 0 fully saturated rings. The lowest BCUT2D eigenvalue weighted by Gasteiger charge is -2.08. The van der Waals surface area contributed by atoms with Gasteiger partial charge in [-0.3, -0.25) is 9.97 Å². The Morgan fingerprint density at radius 3 is 2.79 bits per heavy atom. The zero-order valence-electron chi connectivity index (χ0n) is 10.9. The maximum Gasteiger partial charge on any atom is 0.134 e. The number of benzene rings is 1. The smallest absolute Gasteiger partial charge is 0.134 e. The summed E-state index contributed by atoms with van der Waals surface area (Å²) in [5, 5.41) is 1.10. The summed E-state index contributed by atoms with van der Waals surface area (Å²) in [6.45, 7) is 4.06. The molecular weight excluding hydrogens is 238 g/mol. The van der Waals surface area contributed by atoms with E-state index in [9.17, 15) is 0 Å². The number of hydrogen-bond donors (Lipinski definition) is 1. The van der Waals surface area contributed by atoms with Crippen LogP contribution in [0.25, 0.3) is 11.0 Å². The monoisotopic (exact) mass is 253 g/mol. The van der Waals surface area contributed by atoms with E-state index in [0.717, 1.165) is 22.3 Å². The Morgan fingerprint density at radius 2 is 2.05 bits per heavy atom. The first-order valence-corrected chi connectivity index (χ1v) is 6.18. The number of furan rings is 1. The largest absolute Gasteiger partial charge is 0.459 e. The van der Waals surface area contributed by atoms with Gasteiger partial charge in [0.2, 0.25) is 0 Å². The molecule has 1 unspecified atom stereocenters. The van der Waals surface area contributed by atoms with E-state index in [1.165, 1.54) is 5.56 Å². The first-order valence-electron chi connectivity index (χ1n) is 6.18. The van der Waals surface area contributed by atoms with Crippen molar-refractivity contribution in [3.8, 4) is 0 Å². The molecule has 3 rings (SSSR count). The zero-order chi connectivity index (χ0) is 13.4. The lowest BCUT2D eigenvalue weighted by Crippen LogP contribution is -2.13. The summed E-state index contributed by atoms with van der Waals surface area (Å²) in [6.07, 6.45) is 4.94. The highest BCUT2D eigenvalue weighted by molar-refractivity contribution is 5.82. The third-order valence-corrected chi connectivity index (χ3v) is 3.31. The number of aryl methyl sites for hydroxylation is 2. The van der Waals surface area contributed by atoms with E-state index in [1.54, 1.807) is 18.6 Å². The highest BCUT2D eigenvalue weighted by Gasteiger charge is 2.19. The fourth-order valence-electron chi connectivity index (χ4n) is 2.25. The molecule has 96 valence electrons. The van der Waals surface area contributed by atoms with Crippen LogP contribution in [0.5, 0.6) is 0 Å². The minimum Gasteiger partial charge on any atom is -0.459 e. The summed E-state index contributed by atoms with van der Waals surface area (Å²) < 4.78 is 5.90. The van der Waals surface area contributed by atoms with Crippen LogP contribution in [0.15, 0.2) is 41.2 Å². The summed E-state index contributed by atoms with van der Waals surface area (Å²) in [4.78, 5) is 8.28. The van der Waals surface area contributed by atoms with Crippen LogP contribution in [0, 0.1) is 13.8 Å². The van der Waals surface area contributed by atoms with Crippen molar-refractivity contribution in [1.82, 2.24) is 9.97 Å². The summed E-state index contributed by atoms with van der Waals surface area (Å²) in [5.74, 6) is 0.751. The molecule has 0 radical (unpaired) electrons.